The fraction of sp³-hybridized carbons (Fsp3) is 0.208. The number of fused-ring (bicyclic) bond motifs is 2. The zero-order valence-corrected chi connectivity index (χ0v) is 18.3. The Kier molecular flexibility index (Phi) is 4.80. The zero-order chi connectivity index (χ0) is 20.8. The summed E-state index contributed by atoms with van der Waals surface area (Å²) in [5.74, 6) is 0. The van der Waals surface area contributed by atoms with Crippen molar-refractivity contribution in [2.24, 2.45) is 0 Å². The molecule has 1 saturated heterocycles. The fourth-order valence-electron chi connectivity index (χ4n) is 4.35. The number of nitrogens with one attached hydrogen (secondary N) is 2. The Hall–Kier alpha value is -2.64. The smallest absolute Gasteiger partial charge is 0.0986 e. The van der Waals surface area contributed by atoms with Crippen LogP contribution in [0.2, 0.25) is 5.02 Å². The van der Waals surface area contributed by atoms with Crippen molar-refractivity contribution in [1.29, 1.82) is 0 Å². The van der Waals surface area contributed by atoms with E-state index in [0.717, 1.165) is 64.6 Å². The van der Waals surface area contributed by atoms with Gasteiger partial charge in [0, 0.05) is 70.4 Å². The summed E-state index contributed by atoms with van der Waals surface area (Å²) in [6.45, 7) is 3.49. The molecule has 1 atom stereocenters. The first-order valence-corrected chi connectivity index (χ1v) is 11.6. The van der Waals surface area contributed by atoms with Crippen molar-refractivity contribution in [1.82, 2.24) is 20.2 Å². The number of aromatic nitrogens is 2. The molecule has 7 heteroatoms. The summed E-state index contributed by atoms with van der Waals surface area (Å²) in [7, 11) is 0. The number of H-pyrrole nitrogens is 1. The number of aromatic amines is 1. The van der Waals surface area contributed by atoms with Crippen molar-refractivity contribution >= 4 is 49.5 Å². The van der Waals surface area contributed by atoms with E-state index < -0.39 is 0 Å². The molecule has 1 fully saturated rings. The first kappa shape index (κ1) is 19.1. The molecule has 31 heavy (non-hydrogen) atoms. The van der Waals surface area contributed by atoms with Gasteiger partial charge in [-0.15, -0.1) is 11.3 Å². The van der Waals surface area contributed by atoms with Crippen molar-refractivity contribution in [3.05, 3.63) is 71.1 Å². The van der Waals surface area contributed by atoms with Gasteiger partial charge < -0.3 is 15.0 Å². The molecule has 0 amide bonds. The first-order chi connectivity index (χ1) is 15.3. The molecule has 1 unspecified atom stereocenters. The van der Waals surface area contributed by atoms with Crippen LogP contribution in [0.3, 0.4) is 0 Å². The molecule has 0 radical (unpaired) electrons. The Morgan fingerprint density at radius 3 is 2.87 bits per heavy atom. The molecule has 0 spiro atoms. The van der Waals surface area contributed by atoms with Crippen LogP contribution in [0, 0.1) is 0 Å². The first-order valence-electron chi connectivity index (χ1n) is 10.4. The highest BCUT2D eigenvalue weighted by Gasteiger charge is 2.20. The van der Waals surface area contributed by atoms with Crippen LogP contribution in [-0.4, -0.2) is 47.3 Å². The van der Waals surface area contributed by atoms with Gasteiger partial charge in [-0.3, -0.25) is 9.88 Å². The van der Waals surface area contributed by atoms with Crippen molar-refractivity contribution in [2.75, 3.05) is 26.3 Å². The number of rotatable bonds is 3. The van der Waals surface area contributed by atoms with Crippen LogP contribution < -0.4 is 5.32 Å². The molecule has 6 rings (SSSR count). The second-order valence-electron chi connectivity index (χ2n) is 7.84. The van der Waals surface area contributed by atoms with E-state index in [1.54, 1.807) is 11.3 Å². The molecule has 0 saturated carbocycles. The van der Waals surface area contributed by atoms with E-state index in [4.69, 9.17) is 16.3 Å². The number of thiophene rings is 1. The third kappa shape index (κ3) is 3.46. The SMILES string of the molecule is Clc1cc2[nH]c(C3=CNC(N4CCOCC4)C=C3)cc2cc1-c1cncc2sccc12. The lowest BCUT2D eigenvalue weighted by Crippen LogP contribution is -2.48. The molecule has 3 aromatic heterocycles. The summed E-state index contributed by atoms with van der Waals surface area (Å²) >= 11 is 8.40. The van der Waals surface area contributed by atoms with Crippen LogP contribution in [0.25, 0.3) is 37.7 Å². The van der Waals surface area contributed by atoms with Gasteiger partial charge in [0.15, 0.2) is 0 Å². The Bertz CT molecular complexity index is 1330. The van der Waals surface area contributed by atoms with Crippen LogP contribution in [0.15, 0.2) is 60.4 Å². The van der Waals surface area contributed by atoms with E-state index in [9.17, 15) is 0 Å². The maximum Gasteiger partial charge on any atom is 0.0986 e. The molecule has 1 aromatic carbocycles. The molecule has 2 aliphatic heterocycles. The van der Waals surface area contributed by atoms with Crippen molar-refractivity contribution in [3.63, 3.8) is 0 Å². The fourth-order valence-corrected chi connectivity index (χ4v) is 5.39. The summed E-state index contributed by atoms with van der Waals surface area (Å²) < 4.78 is 6.63. The van der Waals surface area contributed by atoms with Crippen molar-refractivity contribution in [2.45, 2.75) is 6.17 Å². The summed E-state index contributed by atoms with van der Waals surface area (Å²) in [5, 5.41) is 8.65. The van der Waals surface area contributed by atoms with E-state index in [1.807, 2.05) is 18.5 Å². The molecule has 5 heterocycles. The number of hydrogen-bond acceptors (Lipinski definition) is 5. The molecular formula is C24H21ClN4OS. The Labute approximate surface area is 189 Å². The minimum absolute atomic E-state index is 0.219. The van der Waals surface area contributed by atoms with Gasteiger partial charge in [-0.2, -0.15) is 0 Å². The van der Waals surface area contributed by atoms with Gasteiger partial charge in [0.2, 0.25) is 0 Å². The third-order valence-corrected chi connectivity index (χ3v) is 7.16. The molecule has 0 aliphatic carbocycles. The molecule has 0 bridgehead atoms. The average Bonchev–Trinajstić information content (AvgIpc) is 3.46. The largest absolute Gasteiger partial charge is 0.379 e. The second kappa shape index (κ2) is 7.80. The van der Waals surface area contributed by atoms with Gasteiger partial charge in [0.1, 0.15) is 0 Å². The third-order valence-electron chi connectivity index (χ3n) is 6.00. The number of benzene rings is 1. The highest BCUT2D eigenvalue weighted by Crippen LogP contribution is 2.37. The van der Waals surface area contributed by atoms with E-state index in [0.29, 0.717) is 0 Å². The average molecular weight is 449 g/mol. The summed E-state index contributed by atoms with van der Waals surface area (Å²) in [6, 6.07) is 8.48. The number of pyridine rings is 1. The van der Waals surface area contributed by atoms with Crippen LogP contribution in [0.4, 0.5) is 0 Å². The lowest BCUT2D eigenvalue weighted by atomic mass is 10.0. The number of allylic oxidation sites excluding steroid dienone is 2. The van der Waals surface area contributed by atoms with Gasteiger partial charge in [-0.05, 0) is 35.7 Å². The Morgan fingerprint density at radius 2 is 2.03 bits per heavy atom. The number of morpholine rings is 1. The molecule has 2 N–H and O–H groups in total. The van der Waals surface area contributed by atoms with Gasteiger partial charge >= 0.3 is 0 Å². The summed E-state index contributed by atoms with van der Waals surface area (Å²) in [5.41, 5.74) is 5.30. The maximum atomic E-state index is 6.70. The number of dihydropyridines is 1. The minimum atomic E-state index is 0.219. The van der Waals surface area contributed by atoms with E-state index in [1.165, 1.54) is 10.1 Å². The lowest BCUT2D eigenvalue weighted by Gasteiger charge is -2.34. The Morgan fingerprint density at radius 1 is 1.13 bits per heavy atom. The van der Waals surface area contributed by atoms with E-state index >= 15 is 0 Å². The van der Waals surface area contributed by atoms with Crippen molar-refractivity contribution in [3.8, 4) is 11.1 Å². The molecule has 4 aromatic rings. The van der Waals surface area contributed by atoms with Crippen LogP contribution in [0.5, 0.6) is 0 Å². The lowest BCUT2D eigenvalue weighted by molar-refractivity contribution is 0.0218. The zero-order valence-electron chi connectivity index (χ0n) is 16.8. The monoisotopic (exact) mass is 448 g/mol. The summed E-state index contributed by atoms with van der Waals surface area (Å²) in [6.07, 6.45) is 10.5. The number of nitrogens with zero attached hydrogens (tertiary/aromatic N) is 2. The standard InChI is InChI=1S/C24H21ClN4OS/c25-20-11-22-16(9-18(20)19-13-26-14-23-17(19)3-8-31-23)10-21(28-22)15-1-2-24(27-12-15)29-4-6-30-7-5-29/h1-3,8-14,24,27-28H,4-7H2. The molecule has 2 aliphatic rings. The highest BCUT2D eigenvalue weighted by atomic mass is 35.5. The van der Waals surface area contributed by atoms with Gasteiger partial charge in [-0.1, -0.05) is 17.7 Å². The summed E-state index contributed by atoms with van der Waals surface area (Å²) in [4.78, 5) is 10.3. The van der Waals surface area contributed by atoms with Gasteiger partial charge in [-0.25, -0.2) is 0 Å². The number of ether oxygens (including phenoxy) is 1. The number of halogens is 1. The predicted molar refractivity (Wildman–Crippen MR) is 128 cm³/mol. The molecule has 156 valence electrons. The topological polar surface area (TPSA) is 53.2 Å². The minimum Gasteiger partial charge on any atom is -0.379 e. The number of hydrogen-bond donors (Lipinski definition) is 2. The Balaban J connectivity index is 1.32. The normalized spacial score (nSPS) is 19.6. The highest BCUT2D eigenvalue weighted by molar-refractivity contribution is 7.17. The predicted octanol–water partition coefficient (Wildman–Crippen LogP) is 5.26. The maximum absolute atomic E-state index is 6.70. The second-order valence-corrected chi connectivity index (χ2v) is 9.20. The van der Waals surface area contributed by atoms with Crippen molar-refractivity contribution < 1.29 is 4.74 Å². The van der Waals surface area contributed by atoms with E-state index in [-0.39, 0.29) is 6.17 Å². The van der Waals surface area contributed by atoms with Gasteiger partial charge in [0.05, 0.1) is 29.1 Å². The molecule has 5 nitrogen and oxygen atoms in total. The van der Waals surface area contributed by atoms with Crippen LogP contribution >= 0.6 is 22.9 Å². The van der Waals surface area contributed by atoms with Gasteiger partial charge in [0.25, 0.3) is 0 Å². The van der Waals surface area contributed by atoms with Crippen LogP contribution in [0.1, 0.15) is 5.69 Å². The van der Waals surface area contributed by atoms with Crippen LogP contribution in [-0.2, 0) is 4.74 Å². The quantitative estimate of drug-likeness (QED) is 0.449. The van der Waals surface area contributed by atoms with E-state index in [2.05, 4.69) is 62.1 Å². The molecular weight excluding hydrogens is 428 g/mol.